The van der Waals surface area contributed by atoms with Crippen LogP contribution in [0.4, 0.5) is 0 Å². The quantitative estimate of drug-likeness (QED) is 0.504. The lowest BCUT2D eigenvalue weighted by Crippen LogP contribution is -2.38. The maximum absolute atomic E-state index is 11.3. The van der Waals surface area contributed by atoms with Crippen LogP contribution in [0.5, 0.6) is 0 Å². The maximum Gasteiger partial charge on any atom is 0.0901 e. The Labute approximate surface area is 156 Å². The molecule has 1 fully saturated rings. The summed E-state index contributed by atoms with van der Waals surface area (Å²) in [5.74, 6) is 0.742. The minimum atomic E-state index is -1.47. The van der Waals surface area contributed by atoms with Crippen molar-refractivity contribution in [1.29, 1.82) is 0 Å². The zero-order valence-electron chi connectivity index (χ0n) is 16.9. The SMILES string of the molecule is CC[Si](CC)(CC)/C(=C/C1CCCCC1)CC(C)(O)c1ccccc1. The van der Waals surface area contributed by atoms with Crippen molar-refractivity contribution in [2.45, 2.75) is 90.0 Å². The summed E-state index contributed by atoms with van der Waals surface area (Å²) in [5, 5.41) is 13.0. The van der Waals surface area contributed by atoms with E-state index in [0.29, 0.717) is 0 Å². The van der Waals surface area contributed by atoms with Gasteiger partial charge in [-0.1, -0.05) is 99.8 Å². The summed E-state index contributed by atoms with van der Waals surface area (Å²) in [6.45, 7) is 9.15. The van der Waals surface area contributed by atoms with Crippen LogP contribution in [0.25, 0.3) is 0 Å². The lowest BCUT2D eigenvalue weighted by atomic mass is 9.87. The monoisotopic (exact) mass is 358 g/mol. The van der Waals surface area contributed by atoms with E-state index in [1.165, 1.54) is 50.2 Å². The minimum absolute atomic E-state index is 0.742. The highest BCUT2D eigenvalue weighted by Crippen LogP contribution is 2.39. The van der Waals surface area contributed by atoms with Gasteiger partial charge in [-0.15, -0.1) is 0 Å². The second-order valence-electron chi connectivity index (χ2n) is 8.25. The molecular weight excluding hydrogens is 320 g/mol. The van der Waals surface area contributed by atoms with Crippen LogP contribution in [0.1, 0.15) is 71.8 Å². The van der Waals surface area contributed by atoms with Crippen LogP contribution in [0.3, 0.4) is 0 Å². The van der Waals surface area contributed by atoms with Crippen LogP contribution < -0.4 is 0 Å². The molecule has 1 aromatic carbocycles. The molecule has 1 saturated carbocycles. The van der Waals surface area contributed by atoms with E-state index >= 15 is 0 Å². The van der Waals surface area contributed by atoms with E-state index in [2.05, 4.69) is 39.0 Å². The Morgan fingerprint density at radius 3 is 2.12 bits per heavy atom. The van der Waals surface area contributed by atoms with Crippen LogP contribution in [-0.4, -0.2) is 13.2 Å². The van der Waals surface area contributed by atoms with Gasteiger partial charge in [0.05, 0.1) is 13.7 Å². The summed E-state index contributed by atoms with van der Waals surface area (Å²) in [7, 11) is -1.47. The highest BCUT2D eigenvalue weighted by atomic mass is 28.3. The van der Waals surface area contributed by atoms with Gasteiger partial charge in [0, 0.05) is 0 Å². The van der Waals surface area contributed by atoms with Gasteiger partial charge in [0.15, 0.2) is 0 Å². The molecule has 1 nitrogen and oxygen atoms in total. The minimum Gasteiger partial charge on any atom is -0.385 e. The first-order valence-electron chi connectivity index (χ1n) is 10.5. The third kappa shape index (κ3) is 5.07. The standard InChI is InChI=1S/C23H38OSi/c1-5-25(6-2,7-3)22(18-20-14-10-8-11-15-20)19-23(4,24)21-16-12-9-13-17-21/h9,12-13,16-18,20,24H,5-8,10-11,14-15,19H2,1-4H3/b22-18+. The van der Waals surface area contributed by atoms with E-state index in [0.717, 1.165) is 17.9 Å². The van der Waals surface area contributed by atoms with Gasteiger partial charge in [-0.05, 0) is 37.7 Å². The summed E-state index contributed by atoms with van der Waals surface area (Å²) in [5.41, 5.74) is 0.287. The van der Waals surface area contributed by atoms with Gasteiger partial charge in [0.1, 0.15) is 0 Å². The van der Waals surface area contributed by atoms with Crippen molar-refractivity contribution in [3.05, 3.63) is 47.2 Å². The number of aliphatic hydroxyl groups is 1. The first-order valence-corrected chi connectivity index (χ1v) is 13.1. The average Bonchev–Trinajstić information content (AvgIpc) is 2.65. The molecule has 1 aliphatic rings. The molecule has 1 aromatic rings. The van der Waals surface area contributed by atoms with Crippen molar-refractivity contribution in [1.82, 2.24) is 0 Å². The molecule has 0 heterocycles. The van der Waals surface area contributed by atoms with Crippen LogP contribution in [0.2, 0.25) is 18.1 Å². The van der Waals surface area contributed by atoms with E-state index in [4.69, 9.17) is 0 Å². The maximum atomic E-state index is 11.3. The average molecular weight is 359 g/mol. The molecule has 0 aliphatic heterocycles. The molecule has 25 heavy (non-hydrogen) atoms. The predicted molar refractivity (Wildman–Crippen MR) is 112 cm³/mol. The summed E-state index contributed by atoms with van der Waals surface area (Å²) < 4.78 is 0. The molecule has 1 atom stereocenters. The van der Waals surface area contributed by atoms with Crippen molar-refractivity contribution in [2.24, 2.45) is 5.92 Å². The Morgan fingerprint density at radius 1 is 1.04 bits per heavy atom. The van der Waals surface area contributed by atoms with Crippen molar-refractivity contribution in [3.8, 4) is 0 Å². The normalized spacial score (nSPS) is 19.6. The smallest absolute Gasteiger partial charge is 0.0901 e. The first-order chi connectivity index (χ1) is 12.0. The van der Waals surface area contributed by atoms with Crippen molar-refractivity contribution >= 4 is 8.07 Å². The van der Waals surface area contributed by atoms with Crippen LogP contribution in [0, 0.1) is 5.92 Å². The fourth-order valence-corrected chi connectivity index (χ4v) is 8.88. The van der Waals surface area contributed by atoms with E-state index in [1.807, 2.05) is 25.1 Å². The Bertz CT molecular complexity index is 528. The predicted octanol–water partition coefficient (Wildman–Crippen LogP) is 6.84. The third-order valence-electron chi connectivity index (χ3n) is 6.73. The lowest BCUT2D eigenvalue weighted by molar-refractivity contribution is 0.0588. The number of rotatable bonds is 8. The molecule has 0 aromatic heterocycles. The highest BCUT2D eigenvalue weighted by molar-refractivity contribution is 6.86. The Balaban J connectivity index is 2.35. The third-order valence-corrected chi connectivity index (χ3v) is 12.5. The Morgan fingerprint density at radius 2 is 1.60 bits per heavy atom. The van der Waals surface area contributed by atoms with E-state index in [9.17, 15) is 5.11 Å². The molecule has 0 radical (unpaired) electrons. The van der Waals surface area contributed by atoms with Gasteiger partial charge in [-0.25, -0.2) is 0 Å². The molecule has 0 spiro atoms. The molecular formula is C23H38OSi. The van der Waals surface area contributed by atoms with Crippen molar-refractivity contribution in [3.63, 3.8) is 0 Å². The van der Waals surface area contributed by atoms with Crippen molar-refractivity contribution in [2.75, 3.05) is 0 Å². The zero-order valence-corrected chi connectivity index (χ0v) is 17.9. The molecule has 140 valence electrons. The number of hydrogen-bond acceptors (Lipinski definition) is 1. The highest BCUT2D eigenvalue weighted by Gasteiger charge is 2.36. The molecule has 0 amide bonds. The largest absolute Gasteiger partial charge is 0.385 e. The Hall–Kier alpha value is -0.863. The number of benzene rings is 1. The summed E-state index contributed by atoms with van der Waals surface area (Å²) in [6, 6.07) is 14.1. The molecule has 0 saturated heterocycles. The summed E-state index contributed by atoms with van der Waals surface area (Å²) in [6.07, 6.45) is 10.3. The van der Waals surface area contributed by atoms with Crippen LogP contribution in [-0.2, 0) is 5.60 Å². The Kier molecular flexibility index (Phi) is 7.51. The van der Waals surface area contributed by atoms with E-state index in [1.54, 1.807) is 5.20 Å². The zero-order chi connectivity index (χ0) is 18.3. The number of hydrogen-bond donors (Lipinski definition) is 1. The van der Waals surface area contributed by atoms with Crippen LogP contribution in [0.15, 0.2) is 41.6 Å². The molecule has 2 rings (SSSR count). The van der Waals surface area contributed by atoms with Gasteiger partial charge in [0.25, 0.3) is 0 Å². The second kappa shape index (κ2) is 9.18. The summed E-state index contributed by atoms with van der Waals surface area (Å²) in [4.78, 5) is 0. The topological polar surface area (TPSA) is 20.2 Å². The molecule has 1 aliphatic carbocycles. The van der Waals surface area contributed by atoms with E-state index < -0.39 is 13.7 Å². The van der Waals surface area contributed by atoms with Gasteiger partial charge < -0.3 is 5.11 Å². The molecule has 1 unspecified atom stereocenters. The van der Waals surface area contributed by atoms with E-state index in [-0.39, 0.29) is 0 Å². The van der Waals surface area contributed by atoms with Crippen LogP contribution >= 0.6 is 0 Å². The van der Waals surface area contributed by atoms with Gasteiger partial charge in [-0.3, -0.25) is 0 Å². The molecule has 2 heteroatoms. The van der Waals surface area contributed by atoms with Gasteiger partial charge >= 0.3 is 0 Å². The fraction of sp³-hybridized carbons (Fsp3) is 0.652. The van der Waals surface area contributed by atoms with Crippen molar-refractivity contribution < 1.29 is 5.11 Å². The van der Waals surface area contributed by atoms with Gasteiger partial charge in [-0.2, -0.15) is 0 Å². The first kappa shape index (κ1) is 20.4. The molecule has 1 N–H and O–H groups in total. The fourth-order valence-electron chi connectivity index (χ4n) is 4.71. The molecule has 0 bridgehead atoms. The second-order valence-corrected chi connectivity index (χ2v) is 13.6. The van der Waals surface area contributed by atoms with Gasteiger partial charge in [0.2, 0.25) is 0 Å². The summed E-state index contributed by atoms with van der Waals surface area (Å²) >= 11 is 0. The number of allylic oxidation sites excluding steroid dienone is 1. The lowest BCUT2D eigenvalue weighted by Gasteiger charge is -2.37.